The highest BCUT2D eigenvalue weighted by Crippen LogP contribution is 2.50. The summed E-state index contributed by atoms with van der Waals surface area (Å²) in [5.41, 5.74) is -1.15. The van der Waals surface area contributed by atoms with Gasteiger partial charge in [0.05, 0.1) is 5.92 Å². The average molecular weight is 359 g/mol. The Bertz CT molecular complexity index is 632. The number of hydrogen-bond donors (Lipinski definition) is 0. The molecule has 0 aromatic heterocycles. The molecule has 0 aromatic rings. The topological polar surface area (TPSA) is 63.7 Å². The van der Waals surface area contributed by atoms with Crippen molar-refractivity contribution in [3.63, 3.8) is 0 Å². The van der Waals surface area contributed by atoms with Crippen molar-refractivity contribution in [2.24, 2.45) is 11.3 Å². The zero-order valence-corrected chi connectivity index (χ0v) is 15.7. The van der Waals surface area contributed by atoms with E-state index in [9.17, 15) is 14.4 Å². The molecule has 0 bridgehead atoms. The number of hydrogen-bond acceptors (Lipinski definition) is 4. The molecule has 5 heteroatoms. The Kier molecular flexibility index (Phi) is 5.64. The van der Waals surface area contributed by atoms with E-state index in [0.717, 1.165) is 51.4 Å². The van der Waals surface area contributed by atoms with Crippen molar-refractivity contribution in [3.8, 4) is 0 Å². The lowest BCUT2D eigenvalue weighted by atomic mass is 9.67. The molecule has 3 aliphatic rings. The number of rotatable bonds is 6. The van der Waals surface area contributed by atoms with Gasteiger partial charge in [0.1, 0.15) is 6.10 Å². The van der Waals surface area contributed by atoms with Crippen LogP contribution in [0.3, 0.4) is 0 Å². The summed E-state index contributed by atoms with van der Waals surface area (Å²) >= 11 is 0. The predicted octanol–water partition coefficient (Wildman–Crippen LogP) is 3.54. The molecule has 2 amide bonds. The lowest BCUT2D eigenvalue weighted by Gasteiger charge is -2.34. The molecule has 1 saturated heterocycles. The van der Waals surface area contributed by atoms with Crippen LogP contribution < -0.4 is 0 Å². The van der Waals surface area contributed by atoms with E-state index in [2.05, 4.69) is 13.5 Å². The first kappa shape index (κ1) is 18.9. The van der Waals surface area contributed by atoms with E-state index < -0.39 is 23.2 Å². The van der Waals surface area contributed by atoms with E-state index in [1.807, 2.05) is 6.08 Å². The third-order valence-electron chi connectivity index (χ3n) is 6.00. The fourth-order valence-corrected chi connectivity index (χ4v) is 4.47. The van der Waals surface area contributed by atoms with Crippen LogP contribution in [-0.2, 0) is 19.1 Å². The molecule has 0 N–H and O–H groups in total. The van der Waals surface area contributed by atoms with Crippen LogP contribution in [0, 0.1) is 11.3 Å². The van der Waals surface area contributed by atoms with Crippen molar-refractivity contribution in [3.05, 3.63) is 24.3 Å². The highest BCUT2D eigenvalue weighted by Gasteiger charge is 2.66. The minimum atomic E-state index is -1.55. The zero-order valence-electron chi connectivity index (χ0n) is 15.7. The number of fused-ring (bicyclic) bond motifs is 1. The molecular formula is C21H29NO4. The second-order valence-electron chi connectivity index (χ2n) is 7.69. The standard InChI is InChI=1S/C21H29NO4/c1-3-4-8-14-22-18(23)17-13-9-10-15(2)21(17,19(22)24)20(25)26-16-11-6-5-7-12-16/h9-10,16-17H,2-8,11-14H2,1H3. The Morgan fingerprint density at radius 2 is 2.00 bits per heavy atom. The molecular weight excluding hydrogens is 330 g/mol. The van der Waals surface area contributed by atoms with Crippen molar-refractivity contribution >= 4 is 17.8 Å². The van der Waals surface area contributed by atoms with E-state index in [-0.39, 0.29) is 12.0 Å². The van der Waals surface area contributed by atoms with E-state index >= 15 is 0 Å². The Balaban J connectivity index is 1.87. The Morgan fingerprint density at radius 1 is 1.27 bits per heavy atom. The highest BCUT2D eigenvalue weighted by molar-refractivity contribution is 6.20. The van der Waals surface area contributed by atoms with E-state index in [1.165, 1.54) is 4.90 Å². The Labute approximate surface area is 155 Å². The van der Waals surface area contributed by atoms with Crippen molar-refractivity contribution in [2.75, 3.05) is 6.54 Å². The molecule has 2 unspecified atom stereocenters. The van der Waals surface area contributed by atoms with Crippen LogP contribution in [-0.4, -0.2) is 35.3 Å². The van der Waals surface area contributed by atoms with Gasteiger partial charge < -0.3 is 4.74 Å². The van der Waals surface area contributed by atoms with Crippen LogP contribution in [0.4, 0.5) is 0 Å². The number of unbranched alkanes of at least 4 members (excludes halogenated alkanes) is 2. The van der Waals surface area contributed by atoms with Gasteiger partial charge >= 0.3 is 5.97 Å². The summed E-state index contributed by atoms with van der Waals surface area (Å²) in [6.07, 6.45) is 11.4. The molecule has 1 aliphatic heterocycles. The minimum Gasteiger partial charge on any atom is -0.461 e. The van der Waals surface area contributed by atoms with Crippen LogP contribution in [0.25, 0.3) is 0 Å². The molecule has 26 heavy (non-hydrogen) atoms. The number of esters is 1. The number of imide groups is 1. The number of allylic oxidation sites excluding steroid dienone is 2. The fraction of sp³-hybridized carbons (Fsp3) is 0.667. The summed E-state index contributed by atoms with van der Waals surface area (Å²) in [5, 5.41) is 0. The van der Waals surface area contributed by atoms with Crippen LogP contribution in [0.5, 0.6) is 0 Å². The number of ether oxygens (including phenoxy) is 1. The zero-order chi connectivity index (χ0) is 18.7. The summed E-state index contributed by atoms with van der Waals surface area (Å²) in [7, 11) is 0. The molecule has 2 aliphatic carbocycles. The first-order chi connectivity index (χ1) is 12.5. The van der Waals surface area contributed by atoms with E-state index in [1.54, 1.807) is 6.08 Å². The highest BCUT2D eigenvalue weighted by atomic mass is 16.5. The van der Waals surface area contributed by atoms with Gasteiger partial charge in [0, 0.05) is 6.54 Å². The van der Waals surface area contributed by atoms with Crippen molar-refractivity contribution in [2.45, 2.75) is 70.8 Å². The van der Waals surface area contributed by atoms with Gasteiger partial charge in [-0.3, -0.25) is 19.3 Å². The van der Waals surface area contributed by atoms with Crippen LogP contribution in [0.1, 0.15) is 64.7 Å². The number of nitrogens with zero attached hydrogens (tertiary/aromatic N) is 1. The third-order valence-corrected chi connectivity index (χ3v) is 6.00. The van der Waals surface area contributed by atoms with Gasteiger partial charge in [0.15, 0.2) is 5.41 Å². The minimum absolute atomic E-state index is 0.151. The monoisotopic (exact) mass is 359 g/mol. The van der Waals surface area contributed by atoms with Gasteiger partial charge in [0.2, 0.25) is 5.91 Å². The molecule has 0 aromatic carbocycles. The maximum absolute atomic E-state index is 13.3. The molecule has 1 heterocycles. The molecule has 0 radical (unpaired) electrons. The maximum Gasteiger partial charge on any atom is 0.327 e. The normalized spacial score (nSPS) is 29.2. The molecule has 3 rings (SSSR count). The molecule has 2 atom stereocenters. The number of carbonyl (C=O) groups is 3. The number of carbonyl (C=O) groups excluding carboxylic acids is 3. The van der Waals surface area contributed by atoms with Crippen LogP contribution >= 0.6 is 0 Å². The SMILES string of the molecule is C=C1C=CCC2C(=O)N(CCCCC)C(=O)C12C(=O)OC1CCCCC1. The summed E-state index contributed by atoms with van der Waals surface area (Å²) < 4.78 is 5.77. The van der Waals surface area contributed by atoms with Crippen LogP contribution in [0.15, 0.2) is 24.3 Å². The molecule has 2 fully saturated rings. The molecule has 0 spiro atoms. The van der Waals surface area contributed by atoms with Crippen molar-refractivity contribution < 1.29 is 19.1 Å². The summed E-state index contributed by atoms with van der Waals surface area (Å²) in [4.78, 5) is 40.7. The van der Waals surface area contributed by atoms with Gasteiger partial charge in [-0.2, -0.15) is 0 Å². The average Bonchev–Trinajstić information content (AvgIpc) is 2.86. The largest absolute Gasteiger partial charge is 0.461 e. The summed E-state index contributed by atoms with van der Waals surface area (Å²) in [6.45, 7) is 6.41. The van der Waals surface area contributed by atoms with Crippen molar-refractivity contribution in [1.82, 2.24) is 4.90 Å². The Hall–Kier alpha value is -1.91. The molecule has 1 saturated carbocycles. The fourth-order valence-electron chi connectivity index (χ4n) is 4.47. The second kappa shape index (κ2) is 7.77. The predicted molar refractivity (Wildman–Crippen MR) is 98.0 cm³/mol. The molecule has 142 valence electrons. The van der Waals surface area contributed by atoms with Gasteiger partial charge in [-0.1, -0.05) is 44.9 Å². The Morgan fingerprint density at radius 3 is 2.69 bits per heavy atom. The second-order valence-corrected chi connectivity index (χ2v) is 7.69. The number of amides is 2. The lowest BCUT2D eigenvalue weighted by molar-refractivity contribution is -0.166. The van der Waals surface area contributed by atoms with E-state index in [4.69, 9.17) is 4.74 Å². The summed E-state index contributed by atoms with van der Waals surface area (Å²) in [6, 6.07) is 0. The van der Waals surface area contributed by atoms with Gasteiger partial charge in [-0.15, -0.1) is 0 Å². The van der Waals surface area contributed by atoms with Gasteiger partial charge in [-0.05, 0) is 44.1 Å². The maximum atomic E-state index is 13.3. The smallest absolute Gasteiger partial charge is 0.327 e. The lowest BCUT2D eigenvalue weighted by Crippen LogP contribution is -2.48. The van der Waals surface area contributed by atoms with Gasteiger partial charge in [-0.25, -0.2) is 0 Å². The van der Waals surface area contributed by atoms with Crippen LogP contribution in [0.2, 0.25) is 0 Å². The number of likely N-dealkylation sites (tertiary alicyclic amines) is 1. The first-order valence-electron chi connectivity index (χ1n) is 9.96. The third kappa shape index (κ3) is 3.01. The van der Waals surface area contributed by atoms with E-state index in [0.29, 0.717) is 18.5 Å². The first-order valence-corrected chi connectivity index (χ1v) is 9.96. The van der Waals surface area contributed by atoms with Crippen molar-refractivity contribution in [1.29, 1.82) is 0 Å². The quantitative estimate of drug-likeness (QED) is 0.315. The molecule has 5 nitrogen and oxygen atoms in total. The summed E-state index contributed by atoms with van der Waals surface area (Å²) in [5.74, 6) is -1.96. The van der Waals surface area contributed by atoms with Gasteiger partial charge in [0.25, 0.3) is 5.91 Å².